The van der Waals surface area contributed by atoms with Gasteiger partial charge in [0.1, 0.15) is 5.75 Å². The van der Waals surface area contributed by atoms with Crippen molar-refractivity contribution in [1.29, 1.82) is 0 Å². The van der Waals surface area contributed by atoms with Gasteiger partial charge in [0.15, 0.2) is 11.0 Å². The van der Waals surface area contributed by atoms with Crippen LogP contribution < -0.4 is 4.74 Å². The lowest BCUT2D eigenvalue weighted by Gasteiger charge is -2.25. The predicted octanol–water partition coefficient (Wildman–Crippen LogP) is 4.45. The minimum absolute atomic E-state index is 0.000190. The van der Waals surface area contributed by atoms with Gasteiger partial charge in [-0.15, -0.1) is 16.8 Å². The molecule has 2 aromatic carbocycles. The Balaban J connectivity index is 1.72. The predicted molar refractivity (Wildman–Crippen MR) is 121 cm³/mol. The molecule has 0 aliphatic heterocycles. The summed E-state index contributed by atoms with van der Waals surface area (Å²) >= 11 is 1.38. The molecule has 0 aliphatic rings. The summed E-state index contributed by atoms with van der Waals surface area (Å²) in [6.07, 6.45) is 1.80. The summed E-state index contributed by atoms with van der Waals surface area (Å²) in [7, 11) is 3.47. The number of benzene rings is 2. The molecule has 156 valence electrons. The van der Waals surface area contributed by atoms with Crippen molar-refractivity contribution >= 4 is 17.7 Å². The Hall–Kier alpha value is -3.06. The third-order valence-electron chi connectivity index (χ3n) is 4.96. The molecule has 0 unspecified atom stereocenters. The molecular weight excluding hydrogens is 396 g/mol. The van der Waals surface area contributed by atoms with E-state index < -0.39 is 0 Å². The number of carbonyl (C=O) groups excluding carboxylic acids is 1. The van der Waals surface area contributed by atoms with Gasteiger partial charge in [0.05, 0.1) is 18.9 Å². The van der Waals surface area contributed by atoms with Crippen molar-refractivity contribution in [3.05, 3.63) is 72.8 Å². The summed E-state index contributed by atoms with van der Waals surface area (Å²) in [6, 6.07) is 17.7. The number of rotatable bonds is 9. The van der Waals surface area contributed by atoms with Gasteiger partial charge in [-0.3, -0.25) is 9.36 Å². The number of amides is 1. The normalized spacial score (nSPS) is 11.7. The number of allylic oxidation sites excluding steroid dienone is 1. The molecular formula is C23H26N4O2S. The van der Waals surface area contributed by atoms with Crippen molar-refractivity contribution < 1.29 is 9.53 Å². The van der Waals surface area contributed by atoms with Crippen LogP contribution >= 0.6 is 11.8 Å². The molecule has 0 bridgehead atoms. The van der Waals surface area contributed by atoms with Gasteiger partial charge in [-0.2, -0.15) is 0 Å². The topological polar surface area (TPSA) is 60.2 Å². The van der Waals surface area contributed by atoms with E-state index in [1.807, 2.05) is 73.1 Å². The van der Waals surface area contributed by atoms with Crippen molar-refractivity contribution in [3.63, 3.8) is 0 Å². The van der Waals surface area contributed by atoms with Gasteiger partial charge in [-0.25, -0.2) is 0 Å². The Morgan fingerprint density at radius 3 is 2.53 bits per heavy atom. The van der Waals surface area contributed by atoms with E-state index in [1.54, 1.807) is 18.1 Å². The lowest BCUT2D eigenvalue weighted by Crippen LogP contribution is -2.31. The maximum Gasteiger partial charge on any atom is 0.233 e. The quantitative estimate of drug-likeness (QED) is 0.377. The first-order valence-electron chi connectivity index (χ1n) is 9.67. The summed E-state index contributed by atoms with van der Waals surface area (Å²) in [5.41, 5.74) is 2.04. The molecule has 1 heterocycles. The van der Waals surface area contributed by atoms with Crippen LogP contribution in [0.2, 0.25) is 0 Å². The van der Waals surface area contributed by atoms with Crippen molar-refractivity contribution in [2.24, 2.45) is 0 Å². The van der Waals surface area contributed by atoms with Gasteiger partial charge in [0.25, 0.3) is 0 Å². The first-order chi connectivity index (χ1) is 14.5. The van der Waals surface area contributed by atoms with E-state index in [4.69, 9.17) is 4.74 Å². The molecule has 1 amide bonds. The Labute approximate surface area is 181 Å². The molecule has 30 heavy (non-hydrogen) atoms. The summed E-state index contributed by atoms with van der Waals surface area (Å²) < 4.78 is 7.19. The molecule has 0 radical (unpaired) electrons. The van der Waals surface area contributed by atoms with E-state index in [0.29, 0.717) is 11.7 Å². The largest absolute Gasteiger partial charge is 0.497 e. The van der Waals surface area contributed by atoms with Crippen molar-refractivity contribution in [2.75, 3.05) is 19.9 Å². The number of nitrogens with zero attached hydrogens (tertiary/aromatic N) is 4. The summed E-state index contributed by atoms with van der Waals surface area (Å²) in [4.78, 5) is 14.5. The van der Waals surface area contributed by atoms with Crippen LogP contribution in [0.1, 0.15) is 18.5 Å². The van der Waals surface area contributed by atoms with Crippen molar-refractivity contribution in [2.45, 2.75) is 24.7 Å². The molecule has 0 spiro atoms. The molecule has 1 aromatic heterocycles. The molecule has 3 aromatic rings. The molecule has 6 nitrogen and oxygen atoms in total. The van der Waals surface area contributed by atoms with Crippen LogP contribution in [-0.4, -0.2) is 45.5 Å². The van der Waals surface area contributed by atoms with Gasteiger partial charge in [-0.1, -0.05) is 48.2 Å². The van der Waals surface area contributed by atoms with E-state index in [1.165, 1.54) is 11.8 Å². The zero-order valence-corrected chi connectivity index (χ0v) is 18.3. The van der Waals surface area contributed by atoms with Gasteiger partial charge in [0, 0.05) is 19.2 Å². The molecule has 0 fully saturated rings. The molecule has 7 heteroatoms. The SMILES string of the molecule is C=CCn1c(SCC(=O)N(C)[C@H](C)c2ccccc2)nnc1-c1ccc(OC)cc1. The maximum absolute atomic E-state index is 12.8. The fraction of sp³-hybridized carbons (Fsp3) is 0.261. The van der Waals surface area contributed by atoms with Crippen LogP contribution in [0.25, 0.3) is 11.4 Å². The fourth-order valence-corrected chi connectivity index (χ4v) is 3.91. The summed E-state index contributed by atoms with van der Waals surface area (Å²) in [5.74, 6) is 1.84. The van der Waals surface area contributed by atoms with Gasteiger partial charge in [0.2, 0.25) is 5.91 Å². The van der Waals surface area contributed by atoms with Crippen LogP contribution in [-0.2, 0) is 11.3 Å². The second-order valence-electron chi connectivity index (χ2n) is 6.81. The number of ether oxygens (including phenoxy) is 1. The highest BCUT2D eigenvalue weighted by atomic mass is 32.2. The maximum atomic E-state index is 12.8. The molecule has 3 rings (SSSR count). The molecule has 0 saturated heterocycles. The van der Waals surface area contributed by atoms with E-state index in [2.05, 4.69) is 16.8 Å². The highest BCUT2D eigenvalue weighted by Crippen LogP contribution is 2.27. The van der Waals surface area contributed by atoms with Gasteiger partial charge >= 0.3 is 0 Å². The number of methoxy groups -OCH3 is 1. The second-order valence-corrected chi connectivity index (χ2v) is 7.76. The lowest BCUT2D eigenvalue weighted by molar-refractivity contribution is -0.128. The van der Waals surface area contributed by atoms with E-state index in [0.717, 1.165) is 22.7 Å². The third kappa shape index (κ3) is 4.91. The van der Waals surface area contributed by atoms with Crippen LogP contribution in [0.3, 0.4) is 0 Å². The minimum atomic E-state index is 0.000190. The monoisotopic (exact) mass is 422 g/mol. The Morgan fingerprint density at radius 1 is 1.20 bits per heavy atom. The van der Waals surface area contributed by atoms with Crippen LogP contribution in [0.5, 0.6) is 5.75 Å². The van der Waals surface area contributed by atoms with Gasteiger partial charge in [-0.05, 0) is 36.8 Å². The van der Waals surface area contributed by atoms with Gasteiger partial charge < -0.3 is 9.64 Å². The molecule has 0 N–H and O–H groups in total. The van der Waals surface area contributed by atoms with E-state index in [-0.39, 0.29) is 17.7 Å². The molecule has 0 saturated carbocycles. The van der Waals surface area contributed by atoms with Crippen LogP contribution in [0.4, 0.5) is 0 Å². The highest BCUT2D eigenvalue weighted by Gasteiger charge is 2.20. The van der Waals surface area contributed by atoms with Crippen molar-refractivity contribution in [3.8, 4) is 17.1 Å². The van der Waals surface area contributed by atoms with Crippen LogP contribution in [0.15, 0.2) is 72.4 Å². The van der Waals surface area contributed by atoms with Crippen LogP contribution in [0, 0.1) is 0 Å². The Kier molecular flexibility index (Phi) is 7.30. The Morgan fingerprint density at radius 2 is 1.90 bits per heavy atom. The number of thioether (sulfide) groups is 1. The van der Waals surface area contributed by atoms with E-state index >= 15 is 0 Å². The zero-order valence-electron chi connectivity index (χ0n) is 17.5. The van der Waals surface area contributed by atoms with E-state index in [9.17, 15) is 4.79 Å². The highest BCUT2D eigenvalue weighted by molar-refractivity contribution is 7.99. The minimum Gasteiger partial charge on any atom is -0.497 e. The smallest absolute Gasteiger partial charge is 0.233 e. The van der Waals surface area contributed by atoms with Crippen molar-refractivity contribution in [1.82, 2.24) is 19.7 Å². The standard InChI is InChI=1S/C23H26N4O2S/c1-5-15-27-22(19-11-13-20(29-4)14-12-19)24-25-23(27)30-16-21(28)26(3)17(2)18-9-7-6-8-10-18/h5-14,17H,1,15-16H2,2-4H3/t17-/m1/s1. The number of aromatic nitrogens is 3. The molecule has 0 aliphatic carbocycles. The fourth-order valence-electron chi connectivity index (χ4n) is 3.04. The third-order valence-corrected chi connectivity index (χ3v) is 5.91. The second kappa shape index (κ2) is 10.1. The number of hydrogen-bond acceptors (Lipinski definition) is 5. The zero-order chi connectivity index (χ0) is 21.5. The first-order valence-corrected chi connectivity index (χ1v) is 10.7. The summed E-state index contributed by atoms with van der Waals surface area (Å²) in [6.45, 7) is 6.42. The molecule has 1 atom stereocenters. The first kappa shape index (κ1) is 21.6. The summed E-state index contributed by atoms with van der Waals surface area (Å²) in [5, 5.41) is 9.35. The number of carbonyl (C=O) groups is 1. The average molecular weight is 423 g/mol. The Bertz CT molecular complexity index is 986. The average Bonchev–Trinajstić information content (AvgIpc) is 3.19. The lowest BCUT2D eigenvalue weighted by atomic mass is 10.1. The number of hydrogen-bond donors (Lipinski definition) is 0.